The highest BCUT2D eigenvalue weighted by Crippen LogP contribution is 2.32. The van der Waals surface area contributed by atoms with Gasteiger partial charge in [-0.3, -0.25) is 14.3 Å². The molecule has 0 bridgehead atoms. The summed E-state index contributed by atoms with van der Waals surface area (Å²) in [7, 11) is 0. The van der Waals surface area contributed by atoms with E-state index in [4.69, 9.17) is 5.73 Å². The van der Waals surface area contributed by atoms with Crippen LogP contribution in [0.2, 0.25) is 0 Å². The molecule has 2 heterocycles. The lowest BCUT2D eigenvalue weighted by Crippen LogP contribution is -2.43. The number of fused-ring (bicyclic) bond motifs is 1. The molecule has 0 saturated heterocycles. The molecule has 3 rings (SSSR count). The quantitative estimate of drug-likeness (QED) is 0.912. The van der Waals surface area contributed by atoms with E-state index in [1.165, 1.54) is 27.9 Å². The van der Waals surface area contributed by atoms with Gasteiger partial charge in [0.2, 0.25) is 0 Å². The number of rotatable bonds is 2. The number of carbonyl (C=O) groups is 2. The van der Waals surface area contributed by atoms with Crippen molar-refractivity contribution in [3.05, 3.63) is 47.3 Å². The third-order valence-electron chi connectivity index (χ3n) is 3.88. The van der Waals surface area contributed by atoms with Gasteiger partial charge in [-0.2, -0.15) is 18.3 Å². The molecule has 1 aromatic carbocycles. The van der Waals surface area contributed by atoms with Crippen LogP contribution in [0.1, 0.15) is 39.4 Å². The molecule has 0 spiro atoms. The molecule has 0 unspecified atom stereocenters. The minimum Gasteiger partial charge on any atom is -0.365 e. The second-order valence-corrected chi connectivity index (χ2v) is 5.53. The number of halogens is 3. The highest BCUT2D eigenvalue weighted by atomic mass is 19.4. The van der Waals surface area contributed by atoms with E-state index < -0.39 is 23.6 Å². The first-order chi connectivity index (χ1) is 11.2. The highest BCUT2D eigenvalue weighted by molar-refractivity contribution is 6.12. The Morgan fingerprint density at radius 3 is 2.46 bits per heavy atom. The first-order valence-corrected chi connectivity index (χ1v) is 7.06. The molecule has 1 aromatic heterocycles. The molecular weight excluding hydrogens is 325 g/mol. The fourth-order valence-electron chi connectivity index (χ4n) is 2.70. The van der Waals surface area contributed by atoms with E-state index in [9.17, 15) is 22.8 Å². The van der Waals surface area contributed by atoms with Crippen molar-refractivity contribution in [3.8, 4) is 0 Å². The number of benzene rings is 1. The number of hydrogen-bond acceptors (Lipinski definition) is 3. The first-order valence-electron chi connectivity index (χ1n) is 7.06. The number of anilines is 1. The average Bonchev–Trinajstić information content (AvgIpc) is 2.96. The van der Waals surface area contributed by atoms with Gasteiger partial charge in [0, 0.05) is 12.2 Å². The lowest BCUT2D eigenvalue weighted by Gasteiger charge is -2.32. The van der Waals surface area contributed by atoms with Crippen molar-refractivity contribution in [3.63, 3.8) is 0 Å². The van der Waals surface area contributed by atoms with E-state index in [0.717, 1.165) is 12.1 Å². The molecule has 6 nitrogen and oxygen atoms in total. The Bertz CT molecular complexity index is 811. The Morgan fingerprint density at radius 2 is 1.92 bits per heavy atom. The monoisotopic (exact) mass is 338 g/mol. The van der Waals surface area contributed by atoms with Gasteiger partial charge in [-0.1, -0.05) is 0 Å². The van der Waals surface area contributed by atoms with Gasteiger partial charge in [0.1, 0.15) is 5.69 Å². The summed E-state index contributed by atoms with van der Waals surface area (Å²) in [5.74, 6) is -1.31. The van der Waals surface area contributed by atoms with Gasteiger partial charge in [-0.05, 0) is 31.2 Å². The standard InChI is InChI=1S/C15H13F3N4O2/c1-8-7-21(10-4-2-9(3-5-10)15(16,17)18)14(24)12-11(13(19)23)6-20-22(8)12/h2-6,8H,7H2,1H3,(H2,19,23)/t8-/m0/s1. The van der Waals surface area contributed by atoms with Crippen LogP contribution in [-0.2, 0) is 6.18 Å². The van der Waals surface area contributed by atoms with Crippen LogP contribution < -0.4 is 10.6 Å². The van der Waals surface area contributed by atoms with Gasteiger partial charge >= 0.3 is 6.18 Å². The minimum absolute atomic E-state index is 0.0107. The normalized spacial score (nSPS) is 17.8. The zero-order valence-corrected chi connectivity index (χ0v) is 12.5. The molecule has 2 amide bonds. The molecule has 9 heteroatoms. The fourth-order valence-corrected chi connectivity index (χ4v) is 2.70. The van der Waals surface area contributed by atoms with Crippen LogP contribution in [0.4, 0.5) is 18.9 Å². The van der Waals surface area contributed by atoms with E-state index in [0.29, 0.717) is 5.69 Å². The molecule has 126 valence electrons. The summed E-state index contributed by atoms with van der Waals surface area (Å²) < 4.78 is 39.4. The number of amides is 2. The topological polar surface area (TPSA) is 81.2 Å². The summed E-state index contributed by atoms with van der Waals surface area (Å²) in [5.41, 5.74) is 4.79. The smallest absolute Gasteiger partial charge is 0.365 e. The summed E-state index contributed by atoms with van der Waals surface area (Å²) in [6, 6.07) is 4.02. The number of carbonyl (C=O) groups excluding carboxylic acids is 2. The van der Waals surface area contributed by atoms with Crippen molar-refractivity contribution in [2.45, 2.75) is 19.1 Å². The lowest BCUT2D eigenvalue weighted by molar-refractivity contribution is -0.137. The van der Waals surface area contributed by atoms with Crippen molar-refractivity contribution in [1.29, 1.82) is 0 Å². The molecule has 0 aliphatic carbocycles. The van der Waals surface area contributed by atoms with E-state index in [1.807, 2.05) is 0 Å². The van der Waals surface area contributed by atoms with Gasteiger partial charge in [0.15, 0.2) is 0 Å². The van der Waals surface area contributed by atoms with Crippen LogP contribution in [0.5, 0.6) is 0 Å². The highest BCUT2D eigenvalue weighted by Gasteiger charge is 2.35. The summed E-state index contributed by atoms with van der Waals surface area (Å²) in [5, 5.41) is 4.00. The molecule has 0 saturated carbocycles. The van der Waals surface area contributed by atoms with Crippen LogP contribution in [0.25, 0.3) is 0 Å². The van der Waals surface area contributed by atoms with Crippen LogP contribution in [0, 0.1) is 0 Å². The Hall–Kier alpha value is -2.84. The molecule has 0 radical (unpaired) electrons. The van der Waals surface area contributed by atoms with E-state index in [-0.39, 0.29) is 23.8 Å². The van der Waals surface area contributed by atoms with Crippen molar-refractivity contribution in [2.75, 3.05) is 11.4 Å². The summed E-state index contributed by atoms with van der Waals surface area (Å²) in [4.78, 5) is 25.4. The molecule has 24 heavy (non-hydrogen) atoms. The summed E-state index contributed by atoms with van der Waals surface area (Å²) in [6.45, 7) is 2.00. The number of alkyl halides is 3. The minimum atomic E-state index is -4.45. The maximum atomic E-state index is 12.7. The molecular formula is C15H13F3N4O2. The second-order valence-electron chi connectivity index (χ2n) is 5.53. The lowest BCUT2D eigenvalue weighted by atomic mass is 10.1. The van der Waals surface area contributed by atoms with E-state index in [1.54, 1.807) is 6.92 Å². The Morgan fingerprint density at radius 1 is 1.29 bits per heavy atom. The Labute approximate surface area is 134 Å². The number of hydrogen-bond donors (Lipinski definition) is 1. The number of primary amides is 1. The van der Waals surface area contributed by atoms with Gasteiger partial charge in [-0.25, -0.2) is 0 Å². The predicted molar refractivity (Wildman–Crippen MR) is 78.6 cm³/mol. The SMILES string of the molecule is C[C@H]1CN(c2ccc(C(F)(F)F)cc2)C(=O)c2c(C(N)=O)cnn21. The zero-order valence-electron chi connectivity index (χ0n) is 12.5. The Kier molecular flexibility index (Phi) is 3.58. The molecule has 0 fully saturated rings. The van der Waals surface area contributed by atoms with Crippen molar-refractivity contribution < 1.29 is 22.8 Å². The van der Waals surface area contributed by atoms with Gasteiger partial charge in [-0.15, -0.1) is 0 Å². The maximum Gasteiger partial charge on any atom is 0.416 e. The molecule has 1 aliphatic heterocycles. The van der Waals surface area contributed by atoms with Crippen molar-refractivity contribution >= 4 is 17.5 Å². The zero-order chi connectivity index (χ0) is 17.6. The average molecular weight is 338 g/mol. The van der Waals surface area contributed by atoms with Gasteiger partial charge < -0.3 is 10.6 Å². The van der Waals surface area contributed by atoms with Crippen molar-refractivity contribution in [1.82, 2.24) is 9.78 Å². The predicted octanol–water partition coefficient (Wildman–Crippen LogP) is 2.22. The molecule has 1 atom stereocenters. The number of nitrogens with zero attached hydrogens (tertiary/aromatic N) is 3. The number of nitrogens with two attached hydrogens (primary N) is 1. The maximum absolute atomic E-state index is 12.7. The summed E-state index contributed by atoms with van der Waals surface area (Å²) >= 11 is 0. The van der Waals surface area contributed by atoms with Crippen LogP contribution >= 0.6 is 0 Å². The van der Waals surface area contributed by atoms with Gasteiger partial charge in [0.05, 0.1) is 23.4 Å². The Balaban J connectivity index is 2.00. The summed E-state index contributed by atoms with van der Waals surface area (Å²) in [6.07, 6.45) is -3.22. The van der Waals surface area contributed by atoms with E-state index >= 15 is 0 Å². The van der Waals surface area contributed by atoms with E-state index in [2.05, 4.69) is 5.10 Å². The van der Waals surface area contributed by atoms with Crippen LogP contribution in [0.15, 0.2) is 30.5 Å². The third kappa shape index (κ3) is 2.51. The molecule has 1 aliphatic rings. The first kappa shape index (κ1) is 16.0. The molecule has 2 aromatic rings. The second kappa shape index (κ2) is 5.36. The largest absolute Gasteiger partial charge is 0.416 e. The van der Waals surface area contributed by atoms with Gasteiger partial charge in [0.25, 0.3) is 11.8 Å². The van der Waals surface area contributed by atoms with Crippen LogP contribution in [-0.4, -0.2) is 28.1 Å². The fraction of sp³-hybridized carbons (Fsp3) is 0.267. The third-order valence-corrected chi connectivity index (χ3v) is 3.88. The van der Waals surface area contributed by atoms with Crippen LogP contribution in [0.3, 0.4) is 0 Å². The molecule has 2 N–H and O–H groups in total. The number of aromatic nitrogens is 2. The van der Waals surface area contributed by atoms with Crippen molar-refractivity contribution in [2.24, 2.45) is 5.73 Å².